The zero-order valence-electron chi connectivity index (χ0n) is 9.24. The van der Waals surface area contributed by atoms with Crippen molar-refractivity contribution in [2.75, 3.05) is 6.54 Å². The first-order valence-corrected chi connectivity index (χ1v) is 5.13. The van der Waals surface area contributed by atoms with Gasteiger partial charge in [-0.25, -0.2) is 4.79 Å². The molecule has 1 unspecified atom stereocenters. The minimum absolute atomic E-state index is 0.247. The Morgan fingerprint density at radius 1 is 1.33 bits per heavy atom. The summed E-state index contributed by atoms with van der Waals surface area (Å²) in [7, 11) is 0. The van der Waals surface area contributed by atoms with Crippen LogP contribution in [0.15, 0.2) is 0 Å². The lowest BCUT2D eigenvalue weighted by Crippen LogP contribution is -2.57. The number of hydrogen-bond donors (Lipinski definition) is 1. The van der Waals surface area contributed by atoms with Gasteiger partial charge in [0.05, 0.1) is 0 Å². The van der Waals surface area contributed by atoms with E-state index in [0.29, 0.717) is 13.0 Å². The first kappa shape index (κ1) is 11.7. The Labute approximate surface area is 88.8 Å². The zero-order valence-corrected chi connectivity index (χ0v) is 9.24. The van der Waals surface area contributed by atoms with Crippen LogP contribution in [0, 0.1) is 11.8 Å². The van der Waals surface area contributed by atoms with Crippen LogP contribution >= 0.6 is 0 Å². The van der Waals surface area contributed by atoms with Crippen LogP contribution in [0.5, 0.6) is 0 Å². The molecule has 1 aliphatic rings. The van der Waals surface area contributed by atoms with Gasteiger partial charge in [-0.2, -0.15) is 0 Å². The Bertz CT molecular complexity index is 299. The second-order valence-electron chi connectivity index (χ2n) is 4.06. The number of imide groups is 2. The van der Waals surface area contributed by atoms with Crippen molar-refractivity contribution >= 4 is 17.8 Å². The Balaban J connectivity index is 2.83. The van der Waals surface area contributed by atoms with E-state index in [1.807, 2.05) is 13.8 Å². The summed E-state index contributed by atoms with van der Waals surface area (Å²) in [4.78, 5) is 35.5. The van der Waals surface area contributed by atoms with Crippen LogP contribution in [-0.2, 0) is 9.59 Å². The molecule has 0 radical (unpaired) electrons. The number of urea groups is 1. The molecule has 1 rings (SSSR count). The van der Waals surface area contributed by atoms with Gasteiger partial charge in [-0.3, -0.25) is 19.8 Å². The molecule has 1 N–H and O–H groups in total. The Morgan fingerprint density at radius 3 is 2.40 bits per heavy atom. The molecular formula is C10H16N2O3. The average molecular weight is 212 g/mol. The molecule has 1 fully saturated rings. The highest BCUT2D eigenvalue weighted by Gasteiger charge is 2.39. The first-order valence-electron chi connectivity index (χ1n) is 5.13. The van der Waals surface area contributed by atoms with Crippen LogP contribution in [-0.4, -0.2) is 29.3 Å². The highest BCUT2D eigenvalue weighted by molar-refractivity contribution is 6.16. The van der Waals surface area contributed by atoms with E-state index >= 15 is 0 Å². The smallest absolute Gasteiger partial charge is 0.277 e. The maximum Gasteiger partial charge on any atom is 0.330 e. The lowest BCUT2D eigenvalue weighted by Gasteiger charge is -2.29. The monoisotopic (exact) mass is 212 g/mol. The van der Waals surface area contributed by atoms with Crippen molar-refractivity contribution in [3.63, 3.8) is 0 Å². The molecule has 0 spiro atoms. The van der Waals surface area contributed by atoms with Gasteiger partial charge < -0.3 is 0 Å². The molecule has 15 heavy (non-hydrogen) atoms. The predicted octanol–water partition coefficient (Wildman–Crippen LogP) is 0.747. The molecule has 0 aromatic heterocycles. The number of barbiturate groups is 1. The quantitative estimate of drug-likeness (QED) is 0.702. The number of rotatable bonds is 3. The molecule has 1 aliphatic heterocycles. The second kappa shape index (κ2) is 4.42. The van der Waals surface area contributed by atoms with Crippen LogP contribution in [0.1, 0.15) is 27.2 Å². The summed E-state index contributed by atoms with van der Waals surface area (Å²) >= 11 is 0. The van der Waals surface area contributed by atoms with Crippen LogP contribution in [0.4, 0.5) is 4.79 Å². The van der Waals surface area contributed by atoms with E-state index in [9.17, 15) is 14.4 Å². The molecule has 0 saturated carbocycles. The van der Waals surface area contributed by atoms with E-state index in [2.05, 4.69) is 5.32 Å². The van der Waals surface area contributed by atoms with Gasteiger partial charge in [0.25, 0.3) is 0 Å². The fraction of sp³-hybridized carbons (Fsp3) is 0.700. The third-order valence-electron chi connectivity index (χ3n) is 2.38. The summed E-state index contributed by atoms with van der Waals surface area (Å²) in [6.07, 6.45) is 0.481. The zero-order chi connectivity index (χ0) is 11.6. The molecule has 0 aromatic carbocycles. The minimum atomic E-state index is -0.706. The van der Waals surface area contributed by atoms with Crippen molar-refractivity contribution in [1.29, 1.82) is 0 Å². The van der Waals surface area contributed by atoms with Crippen molar-refractivity contribution in [2.45, 2.75) is 27.2 Å². The number of hydrogen-bond acceptors (Lipinski definition) is 3. The number of nitrogens with one attached hydrogen (secondary N) is 1. The van der Waals surface area contributed by atoms with Crippen LogP contribution in [0.2, 0.25) is 0 Å². The van der Waals surface area contributed by atoms with E-state index in [4.69, 9.17) is 0 Å². The van der Waals surface area contributed by atoms with E-state index < -0.39 is 17.9 Å². The summed E-state index contributed by atoms with van der Waals surface area (Å²) in [5.41, 5.74) is 0. The Hall–Kier alpha value is -1.39. The molecular weight excluding hydrogens is 196 g/mol. The molecule has 0 bridgehead atoms. The fourth-order valence-electron chi connectivity index (χ4n) is 1.64. The normalized spacial score (nSPS) is 22.3. The van der Waals surface area contributed by atoms with Crippen molar-refractivity contribution in [3.8, 4) is 0 Å². The third kappa shape index (κ3) is 2.34. The number of amides is 4. The van der Waals surface area contributed by atoms with E-state index in [0.717, 1.165) is 4.90 Å². The molecule has 1 saturated heterocycles. The fourth-order valence-corrected chi connectivity index (χ4v) is 1.64. The maximum absolute atomic E-state index is 11.8. The molecule has 0 aromatic rings. The van der Waals surface area contributed by atoms with Gasteiger partial charge in [-0.15, -0.1) is 0 Å². The molecule has 1 heterocycles. The van der Waals surface area contributed by atoms with Gasteiger partial charge in [0.15, 0.2) is 0 Å². The van der Waals surface area contributed by atoms with Crippen LogP contribution in [0.3, 0.4) is 0 Å². The third-order valence-corrected chi connectivity index (χ3v) is 2.38. The topological polar surface area (TPSA) is 66.5 Å². The average Bonchev–Trinajstić information content (AvgIpc) is 2.12. The maximum atomic E-state index is 11.8. The number of carbonyl (C=O) groups excluding carboxylic acids is 3. The number of carbonyl (C=O) groups is 3. The van der Waals surface area contributed by atoms with Crippen molar-refractivity contribution in [3.05, 3.63) is 0 Å². The van der Waals surface area contributed by atoms with Gasteiger partial charge >= 0.3 is 6.03 Å². The van der Waals surface area contributed by atoms with Gasteiger partial charge in [-0.1, -0.05) is 13.8 Å². The Kier molecular flexibility index (Phi) is 3.44. The van der Waals surface area contributed by atoms with Gasteiger partial charge in [0.2, 0.25) is 11.8 Å². The van der Waals surface area contributed by atoms with Gasteiger partial charge in [-0.05, 0) is 19.3 Å². The molecule has 4 amide bonds. The van der Waals surface area contributed by atoms with E-state index in [1.165, 1.54) is 0 Å². The first-order chi connectivity index (χ1) is 6.97. The summed E-state index contributed by atoms with van der Waals surface area (Å²) < 4.78 is 0. The van der Waals surface area contributed by atoms with Crippen LogP contribution < -0.4 is 5.32 Å². The Morgan fingerprint density at radius 2 is 1.93 bits per heavy atom. The standard InChI is InChI=1S/C10H16N2O3/c1-4-12-9(14)7(5-6(2)3)8(13)11-10(12)15/h6-7H,4-5H2,1-3H3,(H,11,13,15). The summed E-state index contributed by atoms with van der Waals surface area (Å²) in [6.45, 7) is 5.88. The highest BCUT2D eigenvalue weighted by atomic mass is 16.2. The lowest BCUT2D eigenvalue weighted by atomic mass is 9.94. The highest BCUT2D eigenvalue weighted by Crippen LogP contribution is 2.18. The minimum Gasteiger partial charge on any atom is -0.277 e. The van der Waals surface area contributed by atoms with Crippen molar-refractivity contribution in [1.82, 2.24) is 10.2 Å². The SMILES string of the molecule is CCN1C(=O)NC(=O)C(CC(C)C)C1=O. The predicted molar refractivity (Wildman–Crippen MR) is 53.9 cm³/mol. The summed E-state index contributed by atoms with van der Waals surface area (Å²) in [6, 6.07) is -0.604. The van der Waals surface area contributed by atoms with Crippen molar-refractivity contribution < 1.29 is 14.4 Å². The summed E-state index contributed by atoms with van der Waals surface area (Å²) in [5.74, 6) is -1.30. The van der Waals surface area contributed by atoms with Gasteiger partial charge in [0, 0.05) is 6.54 Å². The van der Waals surface area contributed by atoms with Crippen LogP contribution in [0.25, 0.3) is 0 Å². The van der Waals surface area contributed by atoms with E-state index in [1.54, 1.807) is 6.92 Å². The number of nitrogens with zero attached hydrogens (tertiary/aromatic N) is 1. The lowest BCUT2D eigenvalue weighted by molar-refractivity contribution is -0.143. The molecule has 0 aliphatic carbocycles. The molecule has 84 valence electrons. The molecule has 5 heteroatoms. The molecule has 5 nitrogen and oxygen atoms in total. The second-order valence-corrected chi connectivity index (χ2v) is 4.06. The van der Waals surface area contributed by atoms with E-state index in [-0.39, 0.29) is 11.8 Å². The molecule has 1 atom stereocenters. The summed E-state index contributed by atoms with van der Waals surface area (Å²) in [5, 5.41) is 2.19. The largest absolute Gasteiger partial charge is 0.330 e. The van der Waals surface area contributed by atoms with Gasteiger partial charge in [0.1, 0.15) is 5.92 Å². The van der Waals surface area contributed by atoms with Crippen molar-refractivity contribution in [2.24, 2.45) is 11.8 Å².